The van der Waals surface area contributed by atoms with Crippen LogP contribution in [0.1, 0.15) is 16.9 Å². The number of nitrogens with zero attached hydrogens (tertiary/aromatic N) is 2. The van der Waals surface area contributed by atoms with Gasteiger partial charge in [0.1, 0.15) is 11.7 Å². The van der Waals surface area contributed by atoms with Gasteiger partial charge in [0.2, 0.25) is 5.91 Å². The highest BCUT2D eigenvalue weighted by Gasteiger charge is 2.37. The molecular formula is C10H10N4O4. The van der Waals surface area contributed by atoms with Crippen molar-refractivity contribution in [2.45, 2.75) is 12.5 Å². The Kier molecular flexibility index (Phi) is 2.92. The van der Waals surface area contributed by atoms with Crippen LogP contribution in [0.4, 0.5) is 0 Å². The van der Waals surface area contributed by atoms with Crippen molar-refractivity contribution in [2.24, 2.45) is 0 Å². The minimum atomic E-state index is -0.872. The van der Waals surface area contributed by atoms with Crippen molar-refractivity contribution in [1.82, 2.24) is 20.4 Å². The Morgan fingerprint density at radius 1 is 1.44 bits per heavy atom. The van der Waals surface area contributed by atoms with Gasteiger partial charge in [-0.3, -0.25) is 24.1 Å². The Balaban J connectivity index is 2.09. The second kappa shape index (κ2) is 4.40. The molecule has 8 nitrogen and oxygen atoms in total. The Morgan fingerprint density at radius 2 is 2.17 bits per heavy atom. The number of aromatic amines is 1. The van der Waals surface area contributed by atoms with Gasteiger partial charge in [0, 0.05) is 13.1 Å². The summed E-state index contributed by atoms with van der Waals surface area (Å²) in [6.07, 6.45) is -0.0651. The number of likely N-dealkylation sites (tertiary alicyclic amines) is 1. The summed E-state index contributed by atoms with van der Waals surface area (Å²) in [6.45, 7) is 0. The lowest BCUT2D eigenvalue weighted by Gasteiger charge is -2.10. The van der Waals surface area contributed by atoms with Crippen LogP contribution in [-0.2, 0) is 9.59 Å². The fourth-order valence-electron chi connectivity index (χ4n) is 1.57. The number of rotatable bonds is 2. The summed E-state index contributed by atoms with van der Waals surface area (Å²) in [5.41, 5.74) is -0.456. The number of amides is 3. The Hall–Kier alpha value is -2.51. The maximum absolute atomic E-state index is 11.7. The number of carbonyl (C=O) groups is 3. The molecule has 94 valence electrons. The van der Waals surface area contributed by atoms with Gasteiger partial charge < -0.3 is 5.32 Å². The largest absolute Gasteiger partial charge is 0.338 e. The van der Waals surface area contributed by atoms with E-state index in [1.165, 1.54) is 13.1 Å². The van der Waals surface area contributed by atoms with E-state index in [0.29, 0.717) is 0 Å². The molecule has 1 unspecified atom stereocenters. The number of H-pyrrole nitrogens is 1. The SMILES string of the molecule is CN1C(=O)CC(NC(=O)c2ccc(=O)[nH]n2)C1=O. The Bertz CT molecular complexity index is 559. The van der Waals surface area contributed by atoms with Crippen LogP contribution < -0.4 is 10.9 Å². The van der Waals surface area contributed by atoms with Gasteiger partial charge in [0.15, 0.2) is 0 Å². The lowest BCUT2D eigenvalue weighted by atomic mass is 10.2. The molecule has 0 saturated carbocycles. The first-order valence-electron chi connectivity index (χ1n) is 5.16. The first-order chi connectivity index (χ1) is 8.49. The molecule has 0 aromatic carbocycles. The molecule has 1 saturated heterocycles. The van der Waals surface area contributed by atoms with Gasteiger partial charge in [-0.2, -0.15) is 5.10 Å². The van der Waals surface area contributed by atoms with Crippen molar-refractivity contribution < 1.29 is 14.4 Å². The summed E-state index contributed by atoms with van der Waals surface area (Å²) in [4.78, 5) is 46.2. The third-order valence-electron chi connectivity index (χ3n) is 2.60. The number of aromatic nitrogens is 2. The van der Waals surface area contributed by atoms with Crippen molar-refractivity contribution in [1.29, 1.82) is 0 Å². The maximum atomic E-state index is 11.7. The summed E-state index contributed by atoms with van der Waals surface area (Å²) in [5.74, 6) is -1.43. The summed E-state index contributed by atoms with van der Waals surface area (Å²) in [6, 6.07) is 1.51. The van der Waals surface area contributed by atoms with Crippen LogP contribution in [0.3, 0.4) is 0 Å². The van der Waals surface area contributed by atoms with E-state index >= 15 is 0 Å². The van der Waals surface area contributed by atoms with E-state index in [9.17, 15) is 19.2 Å². The molecule has 0 radical (unpaired) electrons. The number of imide groups is 1. The number of carbonyl (C=O) groups excluding carboxylic acids is 3. The first kappa shape index (κ1) is 12.0. The van der Waals surface area contributed by atoms with Crippen molar-refractivity contribution in [3.05, 3.63) is 28.2 Å². The molecule has 1 aromatic heterocycles. The van der Waals surface area contributed by atoms with E-state index in [1.54, 1.807) is 0 Å². The van der Waals surface area contributed by atoms with Crippen LogP contribution in [0.15, 0.2) is 16.9 Å². The normalized spacial score (nSPS) is 19.2. The molecule has 3 amide bonds. The Labute approximate surface area is 101 Å². The number of likely N-dealkylation sites (N-methyl/N-ethyl adjacent to an activating group) is 1. The molecule has 1 aliphatic rings. The highest BCUT2D eigenvalue weighted by Crippen LogP contribution is 2.10. The van der Waals surface area contributed by atoms with Gasteiger partial charge in [-0.1, -0.05) is 0 Å². The monoisotopic (exact) mass is 250 g/mol. The molecular weight excluding hydrogens is 240 g/mol. The summed E-state index contributed by atoms with van der Waals surface area (Å²) in [7, 11) is 1.36. The van der Waals surface area contributed by atoms with Gasteiger partial charge in [-0.05, 0) is 6.07 Å². The van der Waals surface area contributed by atoms with E-state index in [2.05, 4.69) is 15.5 Å². The van der Waals surface area contributed by atoms with E-state index in [-0.39, 0.29) is 18.0 Å². The van der Waals surface area contributed by atoms with Crippen LogP contribution in [-0.4, -0.2) is 45.9 Å². The molecule has 0 aliphatic carbocycles. The summed E-state index contributed by atoms with van der Waals surface area (Å²) < 4.78 is 0. The third kappa shape index (κ3) is 2.12. The standard InChI is InChI=1S/C10H10N4O4/c1-14-8(16)4-6(10(14)18)11-9(17)5-2-3-7(15)13-12-5/h2-3,6H,4H2,1H3,(H,11,17)(H,13,15). The molecule has 0 spiro atoms. The van der Waals surface area contributed by atoms with Gasteiger partial charge in [-0.15, -0.1) is 0 Å². The molecule has 2 N–H and O–H groups in total. The minimum absolute atomic E-state index is 0.0237. The molecule has 2 heterocycles. The zero-order chi connectivity index (χ0) is 13.3. The summed E-state index contributed by atoms with van der Waals surface area (Å²) >= 11 is 0. The average Bonchev–Trinajstić information content (AvgIpc) is 2.58. The van der Waals surface area contributed by atoms with Gasteiger partial charge in [0.05, 0.1) is 6.42 Å². The molecule has 1 atom stereocenters. The zero-order valence-electron chi connectivity index (χ0n) is 9.47. The first-order valence-corrected chi connectivity index (χ1v) is 5.16. The van der Waals surface area contributed by atoms with E-state index in [1.807, 2.05) is 0 Å². The van der Waals surface area contributed by atoms with Crippen LogP contribution in [0.5, 0.6) is 0 Å². The predicted octanol–water partition coefficient (Wildman–Crippen LogP) is -1.74. The fourth-order valence-corrected chi connectivity index (χ4v) is 1.57. The smallest absolute Gasteiger partial charge is 0.272 e. The van der Waals surface area contributed by atoms with Crippen molar-refractivity contribution in [3.63, 3.8) is 0 Å². The second-order valence-corrected chi connectivity index (χ2v) is 3.83. The fraction of sp³-hybridized carbons (Fsp3) is 0.300. The number of hydrogen-bond donors (Lipinski definition) is 2. The second-order valence-electron chi connectivity index (χ2n) is 3.83. The van der Waals surface area contributed by atoms with Crippen LogP contribution in [0.2, 0.25) is 0 Å². The van der Waals surface area contributed by atoms with E-state index in [4.69, 9.17) is 0 Å². The quantitative estimate of drug-likeness (QED) is 0.605. The average molecular weight is 250 g/mol. The van der Waals surface area contributed by atoms with Crippen molar-refractivity contribution in [2.75, 3.05) is 7.05 Å². The van der Waals surface area contributed by atoms with E-state index in [0.717, 1.165) is 11.0 Å². The predicted molar refractivity (Wildman–Crippen MR) is 58.5 cm³/mol. The Morgan fingerprint density at radius 3 is 2.67 bits per heavy atom. The van der Waals surface area contributed by atoms with Crippen molar-refractivity contribution in [3.8, 4) is 0 Å². The number of nitrogens with one attached hydrogen (secondary N) is 2. The molecule has 8 heteroatoms. The zero-order valence-corrected chi connectivity index (χ0v) is 9.47. The lowest BCUT2D eigenvalue weighted by Crippen LogP contribution is -2.41. The molecule has 1 aliphatic heterocycles. The van der Waals surface area contributed by atoms with Crippen LogP contribution in [0, 0.1) is 0 Å². The molecule has 1 fully saturated rings. The van der Waals surface area contributed by atoms with Gasteiger partial charge in [-0.25, -0.2) is 5.10 Å². The third-order valence-corrected chi connectivity index (χ3v) is 2.60. The summed E-state index contributed by atoms with van der Waals surface area (Å²) in [5, 5.41) is 8.02. The molecule has 18 heavy (non-hydrogen) atoms. The highest BCUT2D eigenvalue weighted by atomic mass is 16.2. The van der Waals surface area contributed by atoms with E-state index < -0.39 is 23.4 Å². The highest BCUT2D eigenvalue weighted by molar-refractivity contribution is 6.07. The molecule has 2 rings (SSSR count). The van der Waals surface area contributed by atoms with Crippen LogP contribution >= 0.6 is 0 Å². The lowest BCUT2D eigenvalue weighted by molar-refractivity contribution is -0.137. The molecule has 1 aromatic rings. The molecule has 0 bridgehead atoms. The maximum Gasteiger partial charge on any atom is 0.272 e. The van der Waals surface area contributed by atoms with Crippen molar-refractivity contribution >= 4 is 17.7 Å². The van der Waals surface area contributed by atoms with Gasteiger partial charge in [0.25, 0.3) is 17.4 Å². The van der Waals surface area contributed by atoms with Crippen LogP contribution in [0.25, 0.3) is 0 Å². The minimum Gasteiger partial charge on any atom is -0.338 e. The van der Waals surface area contributed by atoms with Gasteiger partial charge >= 0.3 is 0 Å². The number of hydrogen-bond acceptors (Lipinski definition) is 5. The topological polar surface area (TPSA) is 112 Å².